The van der Waals surface area contributed by atoms with Crippen LogP contribution in [0.1, 0.15) is 61.8 Å². The van der Waals surface area contributed by atoms with Crippen LogP contribution >= 0.6 is 0 Å². The first-order valence-corrected chi connectivity index (χ1v) is 8.88. The van der Waals surface area contributed by atoms with E-state index in [-0.39, 0.29) is 36.3 Å². The van der Waals surface area contributed by atoms with Gasteiger partial charge in [0.05, 0.1) is 18.3 Å². The first-order valence-electron chi connectivity index (χ1n) is 8.88. The van der Waals surface area contributed by atoms with Crippen molar-refractivity contribution < 1.29 is 19.4 Å². The van der Waals surface area contributed by atoms with E-state index >= 15 is 0 Å². The van der Waals surface area contributed by atoms with Crippen LogP contribution in [0.5, 0.6) is 0 Å². The van der Waals surface area contributed by atoms with E-state index in [0.717, 1.165) is 0 Å². The molecule has 0 aromatic carbocycles. The molecule has 1 saturated heterocycles. The van der Waals surface area contributed by atoms with Crippen LogP contribution in [0.2, 0.25) is 0 Å². The highest BCUT2D eigenvalue weighted by Gasteiger charge is 2.43. The van der Waals surface area contributed by atoms with Crippen molar-refractivity contribution in [2.75, 3.05) is 0 Å². The molecule has 1 aliphatic rings. The molecule has 1 fully saturated rings. The molecule has 0 spiro atoms. The molecule has 1 aliphatic heterocycles. The highest BCUT2D eigenvalue weighted by atomic mass is 16.6. The van der Waals surface area contributed by atoms with Gasteiger partial charge in [0.1, 0.15) is 0 Å². The van der Waals surface area contributed by atoms with Gasteiger partial charge in [-0.2, -0.15) is 0 Å². The van der Waals surface area contributed by atoms with Crippen LogP contribution < -0.4 is 0 Å². The third-order valence-corrected chi connectivity index (χ3v) is 4.47. The van der Waals surface area contributed by atoms with E-state index in [1.165, 1.54) is 0 Å². The Bertz CT molecular complexity index is 373. The molecule has 5 heteroatoms. The predicted molar refractivity (Wildman–Crippen MR) is 91.3 cm³/mol. The Morgan fingerprint density at radius 2 is 1.57 bits per heavy atom. The van der Waals surface area contributed by atoms with Crippen molar-refractivity contribution in [2.45, 2.75) is 98.3 Å². The summed E-state index contributed by atoms with van der Waals surface area (Å²) in [6.45, 7) is 16.1. The maximum atomic E-state index is 12.6. The number of aliphatic hydroxyl groups is 1. The van der Waals surface area contributed by atoms with Crippen molar-refractivity contribution in [3.8, 4) is 0 Å². The zero-order chi connectivity index (χ0) is 17.9. The summed E-state index contributed by atoms with van der Waals surface area (Å²) in [6.07, 6.45) is -1.46. The molecular formula is C18H35NO4. The van der Waals surface area contributed by atoms with Crippen molar-refractivity contribution in [3.05, 3.63) is 0 Å². The minimum absolute atomic E-state index is 0.00125. The van der Waals surface area contributed by atoms with E-state index < -0.39 is 12.2 Å². The topological polar surface area (TPSA) is 59.0 Å². The Hall–Kier alpha value is -0.810. The first-order chi connectivity index (χ1) is 10.6. The highest BCUT2D eigenvalue weighted by molar-refractivity contribution is 5.68. The van der Waals surface area contributed by atoms with Crippen LogP contribution in [0.25, 0.3) is 0 Å². The third-order valence-electron chi connectivity index (χ3n) is 4.47. The summed E-state index contributed by atoms with van der Waals surface area (Å²) in [6, 6.07) is 0.0927. The third kappa shape index (κ3) is 5.08. The SMILES string of the molecule is CC(C)[C@H]1O[C@@H](C(C)C)C[C@@H](O)[C@H]1OC(=O)N(C(C)C)C(C)C. The second-order valence-electron chi connectivity index (χ2n) is 7.87. The van der Waals surface area contributed by atoms with E-state index in [2.05, 4.69) is 13.8 Å². The number of ether oxygens (including phenoxy) is 2. The average Bonchev–Trinajstić information content (AvgIpc) is 2.39. The molecule has 1 N–H and O–H groups in total. The van der Waals surface area contributed by atoms with Crippen LogP contribution in [0.3, 0.4) is 0 Å². The second-order valence-corrected chi connectivity index (χ2v) is 7.87. The quantitative estimate of drug-likeness (QED) is 0.839. The standard InChI is InChI=1S/C18H35NO4/c1-10(2)15-9-14(20)17(16(22-15)11(3)4)23-18(21)19(12(5)6)13(7)8/h10-17,20H,9H2,1-8H3/t14-,15-,16-,17-/m1/s1. The van der Waals surface area contributed by atoms with Gasteiger partial charge in [-0.25, -0.2) is 4.79 Å². The Morgan fingerprint density at radius 1 is 1.04 bits per heavy atom. The van der Waals surface area contributed by atoms with Crippen LogP contribution in [0, 0.1) is 11.8 Å². The van der Waals surface area contributed by atoms with Gasteiger partial charge in [0.25, 0.3) is 0 Å². The summed E-state index contributed by atoms with van der Waals surface area (Å²) in [5.41, 5.74) is 0. The number of amides is 1. The molecule has 0 aromatic rings. The minimum atomic E-state index is -0.686. The van der Waals surface area contributed by atoms with Crippen molar-refractivity contribution in [3.63, 3.8) is 0 Å². The lowest BCUT2D eigenvalue weighted by Crippen LogP contribution is -2.55. The Morgan fingerprint density at radius 3 is 1.96 bits per heavy atom. The molecule has 136 valence electrons. The van der Waals surface area contributed by atoms with Gasteiger partial charge in [-0.3, -0.25) is 0 Å². The lowest BCUT2D eigenvalue weighted by atomic mass is 9.88. The molecule has 0 radical (unpaired) electrons. The van der Waals surface area contributed by atoms with Crippen LogP contribution in [-0.2, 0) is 9.47 Å². The maximum Gasteiger partial charge on any atom is 0.410 e. The summed E-state index contributed by atoms with van der Waals surface area (Å²) in [7, 11) is 0. The molecule has 4 atom stereocenters. The normalized spacial score (nSPS) is 28.7. The molecule has 0 saturated carbocycles. The molecule has 0 bridgehead atoms. The van der Waals surface area contributed by atoms with Crippen molar-refractivity contribution in [1.29, 1.82) is 0 Å². The molecule has 1 rings (SSSR count). The monoisotopic (exact) mass is 329 g/mol. The fourth-order valence-corrected chi connectivity index (χ4v) is 3.23. The molecule has 0 aromatic heterocycles. The Kier molecular flexibility index (Phi) is 7.33. The minimum Gasteiger partial charge on any atom is -0.441 e. The predicted octanol–water partition coefficient (Wildman–Crippen LogP) is 3.44. The van der Waals surface area contributed by atoms with Crippen molar-refractivity contribution >= 4 is 6.09 Å². The molecular weight excluding hydrogens is 294 g/mol. The largest absolute Gasteiger partial charge is 0.441 e. The lowest BCUT2D eigenvalue weighted by Gasteiger charge is -2.43. The highest BCUT2D eigenvalue weighted by Crippen LogP contribution is 2.31. The van der Waals surface area contributed by atoms with Gasteiger partial charge in [0, 0.05) is 18.5 Å². The van der Waals surface area contributed by atoms with Gasteiger partial charge in [0.2, 0.25) is 0 Å². The van der Waals surface area contributed by atoms with Gasteiger partial charge in [-0.05, 0) is 39.5 Å². The molecule has 1 amide bonds. The van der Waals surface area contributed by atoms with Gasteiger partial charge >= 0.3 is 6.09 Å². The van der Waals surface area contributed by atoms with E-state index in [4.69, 9.17) is 9.47 Å². The van der Waals surface area contributed by atoms with E-state index in [1.807, 2.05) is 41.5 Å². The van der Waals surface area contributed by atoms with Crippen LogP contribution in [0.4, 0.5) is 4.79 Å². The van der Waals surface area contributed by atoms with Crippen molar-refractivity contribution in [1.82, 2.24) is 4.90 Å². The maximum absolute atomic E-state index is 12.6. The fraction of sp³-hybridized carbons (Fsp3) is 0.944. The number of rotatable bonds is 5. The smallest absolute Gasteiger partial charge is 0.410 e. The second kappa shape index (κ2) is 8.34. The molecule has 5 nitrogen and oxygen atoms in total. The summed E-state index contributed by atoms with van der Waals surface area (Å²) >= 11 is 0. The first kappa shape index (κ1) is 20.2. The summed E-state index contributed by atoms with van der Waals surface area (Å²) in [5, 5.41) is 10.5. The van der Waals surface area contributed by atoms with Gasteiger partial charge in [-0.15, -0.1) is 0 Å². The zero-order valence-corrected chi connectivity index (χ0v) is 15.9. The van der Waals surface area contributed by atoms with E-state index in [1.54, 1.807) is 4.90 Å². The van der Waals surface area contributed by atoms with E-state index in [9.17, 15) is 9.90 Å². The van der Waals surface area contributed by atoms with Gasteiger partial charge < -0.3 is 19.5 Å². The average molecular weight is 329 g/mol. The van der Waals surface area contributed by atoms with Crippen LogP contribution in [-0.4, -0.2) is 52.6 Å². The summed E-state index contributed by atoms with van der Waals surface area (Å²) < 4.78 is 11.8. The van der Waals surface area contributed by atoms with Crippen molar-refractivity contribution in [2.24, 2.45) is 11.8 Å². The molecule has 1 heterocycles. The lowest BCUT2D eigenvalue weighted by molar-refractivity contribution is -0.194. The fourth-order valence-electron chi connectivity index (χ4n) is 3.23. The summed E-state index contributed by atoms with van der Waals surface area (Å²) in [4.78, 5) is 14.3. The number of nitrogens with zero attached hydrogens (tertiary/aromatic N) is 1. The number of carbonyl (C=O) groups excluding carboxylic acids is 1. The van der Waals surface area contributed by atoms with Crippen LogP contribution in [0.15, 0.2) is 0 Å². The Balaban J connectivity index is 2.89. The molecule has 23 heavy (non-hydrogen) atoms. The number of carbonyl (C=O) groups is 1. The molecule has 0 unspecified atom stereocenters. The number of hydrogen-bond donors (Lipinski definition) is 1. The zero-order valence-electron chi connectivity index (χ0n) is 15.9. The molecule has 0 aliphatic carbocycles. The Labute approximate surface area is 141 Å². The van der Waals surface area contributed by atoms with Gasteiger partial charge in [0.15, 0.2) is 6.10 Å². The summed E-state index contributed by atoms with van der Waals surface area (Å²) in [5.74, 6) is 0.487. The van der Waals surface area contributed by atoms with E-state index in [0.29, 0.717) is 12.3 Å². The van der Waals surface area contributed by atoms with Gasteiger partial charge in [-0.1, -0.05) is 27.7 Å². The number of hydrogen-bond acceptors (Lipinski definition) is 4. The number of aliphatic hydroxyl groups excluding tert-OH is 1.